The van der Waals surface area contributed by atoms with Crippen molar-refractivity contribution in [2.24, 2.45) is 0 Å². The number of hydrogen-bond donors (Lipinski definition) is 2. The Kier molecular flexibility index (Phi) is 8.90. The van der Waals surface area contributed by atoms with Gasteiger partial charge in [0, 0.05) is 52.3 Å². The summed E-state index contributed by atoms with van der Waals surface area (Å²) in [7, 11) is 3.05. The van der Waals surface area contributed by atoms with Crippen LogP contribution in [0.3, 0.4) is 0 Å². The van der Waals surface area contributed by atoms with E-state index in [-0.39, 0.29) is 23.4 Å². The average Bonchev–Trinajstić information content (AvgIpc) is 3.61. The van der Waals surface area contributed by atoms with Crippen LogP contribution >= 0.6 is 0 Å². The van der Waals surface area contributed by atoms with E-state index in [1.807, 2.05) is 0 Å². The molecule has 0 aliphatic carbocycles. The average molecular weight is 668 g/mol. The highest BCUT2D eigenvalue weighted by molar-refractivity contribution is 6.14. The molecule has 0 unspecified atom stereocenters. The lowest BCUT2D eigenvalue weighted by atomic mass is 10.0. The maximum atomic E-state index is 14.1. The van der Waals surface area contributed by atoms with E-state index in [0.29, 0.717) is 44.7 Å². The monoisotopic (exact) mass is 667 g/mol. The Morgan fingerprint density at radius 2 is 1.55 bits per heavy atom. The highest BCUT2D eigenvalue weighted by atomic mass is 19.4. The Hall–Kier alpha value is -6.37. The molecule has 0 saturated heterocycles. The molecule has 2 N–H and O–H groups in total. The van der Waals surface area contributed by atoms with Gasteiger partial charge in [0.25, 0.3) is 11.8 Å². The highest BCUT2D eigenvalue weighted by Gasteiger charge is 2.34. The van der Waals surface area contributed by atoms with E-state index in [0.717, 1.165) is 12.1 Å². The van der Waals surface area contributed by atoms with Gasteiger partial charge in [0.05, 0.1) is 37.5 Å². The topological polar surface area (TPSA) is 117 Å². The van der Waals surface area contributed by atoms with Crippen LogP contribution in [0.2, 0.25) is 0 Å². The molecule has 0 aliphatic rings. The molecule has 13 heteroatoms. The number of halogens is 3. The number of nitrogens with zero attached hydrogens (tertiary/aromatic N) is 3. The van der Waals surface area contributed by atoms with Crippen molar-refractivity contribution in [3.05, 3.63) is 121 Å². The van der Waals surface area contributed by atoms with E-state index >= 15 is 0 Å². The van der Waals surface area contributed by atoms with E-state index in [1.54, 1.807) is 73.1 Å². The lowest BCUT2D eigenvalue weighted by molar-refractivity contribution is -0.136. The van der Waals surface area contributed by atoms with Gasteiger partial charge in [-0.3, -0.25) is 19.3 Å². The molecule has 4 aromatic carbocycles. The molecule has 248 valence electrons. The molecule has 49 heavy (non-hydrogen) atoms. The second-order valence-corrected chi connectivity index (χ2v) is 10.8. The predicted molar refractivity (Wildman–Crippen MR) is 178 cm³/mol. The zero-order valence-corrected chi connectivity index (χ0v) is 26.2. The zero-order valence-electron chi connectivity index (χ0n) is 26.2. The molecule has 0 bridgehead atoms. The van der Waals surface area contributed by atoms with Crippen LogP contribution in [0.1, 0.15) is 15.9 Å². The van der Waals surface area contributed by atoms with Gasteiger partial charge in [0.15, 0.2) is 11.5 Å². The first kappa shape index (κ1) is 32.6. The van der Waals surface area contributed by atoms with Crippen molar-refractivity contribution in [1.29, 1.82) is 0 Å². The fourth-order valence-corrected chi connectivity index (χ4v) is 5.26. The van der Waals surface area contributed by atoms with E-state index in [4.69, 9.17) is 14.2 Å². The van der Waals surface area contributed by atoms with Crippen LogP contribution in [-0.4, -0.2) is 40.8 Å². The van der Waals surface area contributed by atoms with E-state index in [2.05, 4.69) is 27.3 Å². The van der Waals surface area contributed by atoms with Gasteiger partial charge in [-0.05, 0) is 53.9 Å². The molecule has 0 fully saturated rings. The molecule has 0 radical (unpaired) electrons. The smallest absolute Gasteiger partial charge is 0.418 e. The SMILES string of the molecule is C=C(Cn1cccn1)C(=O)Nc1ccc(NC(=O)c2cccc3c(Oc4ccnc5cc(OC)c(OC)cc45)cccc23)cc1C(F)(F)F. The molecule has 2 heterocycles. The van der Waals surface area contributed by atoms with E-state index < -0.39 is 29.2 Å². The first-order valence-electron chi connectivity index (χ1n) is 14.7. The first-order chi connectivity index (χ1) is 23.5. The summed E-state index contributed by atoms with van der Waals surface area (Å²) in [6.07, 6.45) is -0.147. The number of carbonyl (C=O) groups excluding carboxylic acids is 2. The summed E-state index contributed by atoms with van der Waals surface area (Å²) >= 11 is 0. The number of hydrogen-bond acceptors (Lipinski definition) is 7. The van der Waals surface area contributed by atoms with Gasteiger partial charge in [-0.2, -0.15) is 18.3 Å². The quantitative estimate of drug-likeness (QED) is 0.143. The molecule has 10 nitrogen and oxygen atoms in total. The molecule has 2 aromatic heterocycles. The van der Waals surface area contributed by atoms with E-state index in [1.165, 1.54) is 31.2 Å². The Morgan fingerprint density at radius 1 is 0.816 bits per heavy atom. The summed E-state index contributed by atoms with van der Waals surface area (Å²) < 4.78 is 61.0. The Balaban J connectivity index is 1.26. The summed E-state index contributed by atoms with van der Waals surface area (Å²) in [6, 6.07) is 20.1. The third-order valence-corrected chi connectivity index (χ3v) is 7.62. The Bertz CT molecular complexity index is 2220. The molecule has 0 aliphatic heterocycles. The number of pyridine rings is 1. The fourth-order valence-electron chi connectivity index (χ4n) is 5.26. The van der Waals surface area contributed by atoms with Crippen LogP contribution in [0.25, 0.3) is 21.7 Å². The second-order valence-electron chi connectivity index (χ2n) is 10.8. The van der Waals surface area contributed by atoms with E-state index in [9.17, 15) is 22.8 Å². The number of alkyl halides is 3. The number of benzene rings is 4. The third-order valence-electron chi connectivity index (χ3n) is 7.62. The minimum atomic E-state index is -4.84. The number of ether oxygens (including phenoxy) is 3. The van der Waals surface area contributed by atoms with Crippen molar-refractivity contribution in [3.63, 3.8) is 0 Å². The number of anilines is 2. The molecule has 0 spiro atoms. The van der Waals surface area contributed by atoms with Crippen molar-refractivity contribution < 1.29 is 37.0 Å². The van der Waals surface area contributed by atoms with Crippen LogP contribution in [0.15, 0.2) is 110 Å². The van der Waals surface area contributed by atoms with Gasteiger partial charge in [-0.25, -0.2) is 0 Å². The number of carbonyl (C=O) groups is 2. The minimum absolute atomic E-state index is 0.00473. The van der Waals surface area contributed by atoms with Crippen molar-refractivity contribution in [2.45, 2.75) is 12.7 Å². The number of methoxy groups -OCH3 is 2. The largest absolute Gasteiger partial charge is 0.493 e. The second kappa shape index (κ2) is 13.4. The fraction of sp³-hybridized carbons (Fsp3) is 0.111. The molecule has 6 rings (SSSR count). The minimum Gasteiger partial charge on any atom is -0.493 e. The molecule has 0 saturated carbocycles. The summed E-state index contributed by atoms with van der Waals surface area (Å²) in [5, 5.41) is 10.6. The van der Waals surface area contributed by atoms with Gasteiger partial charge in [-0.1, -0.05) is 30.8 Å². The molecular weight excluding hydrogens is 639 g/mol. The standard InChI is InChI=1S/C36H28F3N5O5/c1-21(20-44-16-6-14-41-44)34(45)43-28-12-11-22(17-27(28)36(37,38)39)42-35(46)25-9-4-8-24-23(25)7-5-10-30(24)49-31-13-15-40-29-19-33(48-3)32(47-2)18-26(29)31/h4-19H,1,20H2,2-3H3,(H,42,46)(H,43,45). The maximum Gasteiger partial charge on any atom is 0.418 e. The Morgan fingerprint density at radius 3 is 2.29 bits per heavy atom. The first-order valence-corrected chi connectivity index (χ1v) is 14.7. The van der Waals surface area contributed by atoms with Gasteiger partial charge in [-0.15, -0.1) is 0 Å². The third kappa shape index (κ3) is 6.86. The number of rotatable bonds is 10. The highest BCUT2D eigenvalue weighted by Crippen LogP contribution is 2.40. The summed E-state index contributed by atoms with van der Waals surface area (Å²) in [5.41, 5.74) is -0.928. The summed E-state index contributed by atoms with van der Waals surface area (Å²) in [6.45, 7) is 3.65. The van der Waals surface area contributed by atoms with Crippen LogP contribution in [0.4, 0.5) is 24.5 Å². The number of aromatic nitrogens is 3. The van der Waals surface area contributed by atoms with Crippen molar-refractivity contribution in [3.8, 4) is 23.0 Å². The van der Waals surface area contributed by atoms with Crippen LogP contribution < -0.4 is 24.8 Å². The molecule has 6 aromatic rings. The molecule has 2 amide bonds. The van der Waals surface area contributed by atoms with Gasteiger partial charge in [0.1, 0.15) is 11.5 Å². The summed E-state index contributed by atoms with van der Waals surface area (Å²) in [4.78, 5) is 30.6. The number of nitrogens with one attached hydrogen (secondary N) is 2. The van der Waals surface area contributed by atoms with Gasteiger partial charge in [0.2, 0.25) is 0 Å². The summed E-state index contributed by atoms with van der Waals surface area (Å²) in [5.74, 6) is 0.462. The van der Waals surface area contributed by atoms with Crippen LogP contribution in [0.5, 0.6) is 23.0 Å². The molecular formula is C36H28F3N5O5. The van der Waals surface area contributed by atoms with Crippen LogP contribution in [-0.2, 0) is 17.5 Å². The lowest BCUT2D eigenvalue weighted by Gasteiger charge is -2.17. The maximum absolute atomic E-state index is 14.1. The number of fused-ring (bicyclic) bond motifs is 2. The van der Waals surface area contributed by atoms with Crippen molar-refractivity contribution in [2.75, 3.05) is 24.9 Å². The normalized spacial score (nSPS) is 11.3. The van der Waals surface area contributed by atoms with Crippen LogP contribution in [0, 0.1) is 0 Å². The van der Waals surface area contributed by atoms with Gasteiger partial charge < -0.3 is 24.8 Å². The predicted octanol–water partition coefficient (Wildman–Crippen LogP) is 7.86. The lowest BCUT2D eigenvalue weighted by Crippen LogP contribution is -2.21. The van der Waals surface area contributed by atoms with Gasteiger partial charge >= 0.3 is 6.18 Å². The Labute approximate surface area is 277 Å². The molecule has 0 atom stereocenters. The van der Waals surface area contributed by atoms with Crippen molar-refractivity contribution >= 4 is 44.9 Å². The number of amides is 2. The zero-order chi connectivity index (χ0) is 34.7. The van der Waals surface area contributed by atoms with Crippen molar-refractivity contribution in [1.82, 2.24) is 14.8 Å².